The first-order valence-electron chi connectivity index (χ1n) is 6.23. The monoisotopic (exact) mass is 244 g/mol. The normalized spacial score (nSPS) is 25.4. The average Bonchev–Trinajstić information content (AvgIpc) is 2.18. The minimum absolute atomic E-state index is 0.0470. The first kappa shape index (κ1) is 14.3. The predicted molar refractivity (Wildman–Crippen MR) is 65.8 cm³/mol. The van der Waals surface area contributed by atoms with Gasteiger partial charge in [0.25, 0.3) is 0 Å². The van der Waals surface area contributed by atoms with E-state index in [4.69, 9.17) is 9.84 Å². The van der Waals surface area contributed by atoms with Gasteiger partial charge in [0, 0.05) is 19.2 Å². The number of nitrogens with one attached hydrogen (secondary N) is 2. The topological polar surface area (TPSA) is 70.6 Å². The zero-order valence-corrected chi connectivity index (χ0v) is 11.0. The highest BCUT2D eigenvalue weighted by molar-refractivity contribution is 5.68. The fourth-order valence-corrected chi connectivity index (χ4v) is 2.05. The van der Waals surface area contributed by atoms with Crippen LogP contribution in [-0.2, 0) is 4.74 Å². The van der Waals surface area contributed by atoms with Crippen LogP contribution in [0, 0.1) is 5.92 Å². The molecule has 1 aliphatic rings. The van der Waals surface area contributed by atoms with Crippen molar-refractivity contribution in [2.24, 2.45) is 5.92 Å². The Balaban J connectivity index is 2.44. The van der Waals surface area contributed by atoms with Crippen molar-refractivity contribution >= 4 is 6.09 Å². The largest absolute Gasteiger partial charge is 0.444 e. The molecule has 0 saturated carbocycles. The van der Waals surface area contributed by atoms with Crippen molar-refractivity contribution in [2.75, 3.05) is 19.7 Å². The lowest BCUT2D eigenvalue weighted by atomic mass is 9.90. The Labute approximate surface area is 103 Å². The maximum absolute atomic E-state index is 11.7. The third kappa shape index (κ3) is 5.37. The maximum atomic E-state index is 11.7. The molecule has 0 aromatic heterocycles. The van der Waals surface area contributed by atoms with Gasteiger partial charge in [-0.3, -0.25) is 0 Å². The van der Waals surface area contributed by atoms with Crippen molar-refractivity contribution in [3.05, 3.63) is 0 Å². The van der Waals surface area contributed by atoms with Crippen molar-refractivity contribution in [3.63, 3.8) is 0 Å². The Hall–Kier alpha value is -0.810. The summed E-state index contributed by atoms with van der Waals surface area (Å²) in [5.74, 6) is 0.328. The van der Waals surface area contributed by atoms with Gasteiger partial charge in [-0.1, -0.05) is 0 Å². The molecule has 0 bridgehead atoms. The molecular weight excluding hydrogens is 220 g/mol. The van der Waals surface area contributed by atoms with Crippen molar-refractivity contribution < 1.29 is 14.6 Å². The van der Waals surface area contributed by atoms with Gasteiger partial charge in [0.05, 0.1) is 0 Å². The summed E-state index contributed by atoms with van der Waals surface area (Å²) < 4.78 is 5.23. The number of carbonyl (C=O) groups is 1. The molecule has 1 rings (SSSR count). The van der Waals surface area contributed by atoms with Crippen LogP contribution in [0.15, 0.2) is 0 Å². The second kappa shape index (κ2) is 6.21. The summed E-state index contributed by atoms with van der Waals surface area (Å²) in [6, 6.07) is 0.0470. The minimum Gasteiger partial charge on any atom is -0.444 e. The SMILES string of the molecule is CC(C)(C)OC(=O)N[C@@H]1CNCC[C@H]1CCO. The molecule has 1 fully saturated rings. The number of ether oxygens (including phenoxy) is 1. The first-order chi connectivity index (χ1) is 7.92. The Morgan fingerprint density at radius 3 is 2.82 bits per heavy atom. The molecule has 0 aromatic carbocycles. The van der Waals surface area contributed by atoms with Crippen LogP contribution in [0.1, 0.15) is 33.6 Å². The number of piperidine rings is 1. The summed E-state index contributed by atoms with van der Waals surface area (Å²) in [4.78, 5) is 11.7. The van der Waals surface area contributed by atoms with Crippen LogP contribution in [0.25, 0.3) is 0 Å². The number of alkyl carbamates (subject to hydrolysis) is 1. The Bertz CT molecular complexity index is 249. The van der Waals surface area contributed by atoms with E-state index < -0.39 is 5.60 Å². The third-order valence-corrected chi connectivity index (χ3v) is 2.83. The highest BCUT2D eigenvalue weighted by Crippen LogP contribution is 2.17. The summed E-state index contributed by atoms with van der Waals surface area (Å²) in [6.07, 6.45) is 1.32. The van der Waals surface area contributed by atoms with E-state index in [1.165, 1.54) is 0 Å². The van der Waals surface area contributed by atoms with E-state index in [1.54, 1.807) is 0 Å². The third-order valence-electron chi connectivity index (χ3n) is 2.83. The second-order valence-electron chi connectivity index (χ2n) is 5.52. The molecule has 0 spiro atoms. The van der Waals surface area contributed by atoms with Crippen LogP contribution in [0.4, 0.5) is 4.79 Å². The summed E-state index contributed by atoms with van der Waals surface area (Å²) in [7, 11) is 0. The number of aliphatic hydroxyl groups is 1. The number of carbonyl (C=O) groups excluding carboxylic acids is 1. The van der Waals surface area contributed by atoms with Gasteiger partial charge in [-0.25, -0.2) is 4.79 Å². The van der Waals surface area contributed by atoms with E-state index in [0.29, 0.717) is 5.92 Å². The molecule has 100 valence electrons. The van der Waals surface area contributed by atoms with E-state index in [1.807, 2.05) is 20.8 Å². The van der Waals surface area contributed by atoms with E-state index in [0.717, 1.165) is 25.9 Å². The average molecular weight is 244 g/mol. The molecule has 17 heavy (non-hydrogen) atoms. The molecule has 0 aromatic rings. The van der Waals surface area contributed by atoms with Crippen molar-refractivity contribution in [2.45, 2.75) is 45.3 Å². The van der Waals surface area contributed by atoms with Gasteiger partial charge < -0.3 is 20.5 Å². The Morgan fingerprint density at radius 1 is 1.53 bits per heavy atom. The van der Waals surface area contributed by atoms with Crippen LogP contribution in [0.3, 0.4) is 0 Å². The van der Waals surface area contributed by atoms with E-state index in [9.17, 15) is 4.79 Å². The molecule has 2 atom stereocenters. The number of rotatable bonds is 3. The highest BCUT2D eigenvalue weighted by atomic mass is 16.6. The van der Waals surface area contributed by atoms with Gasteiger partial charge in [-0.2, -0.15) is 0 Å². The van der Waals surface area contributed by atoms with Crippen molar-refractivity contribution in [1.82, 2.24) is 10.6 Å². The number of aliphatic hydroxyl groups excluding tert-OH is 1. The number of hydrogen-bond acceptors (Lipinski definition) is 4. The quantitative estimate of drug-likeness (QED) is 0.689. The molecule has 3 N–H and O–H groups in total. The summed E-state index contributed by atoms with van der Waals surface area (Å²) in [6.45, 7) is 7.38. The highest BCUT2D eigenvalue weighted by Gasteiger charge is 2.27. The van der Waals surface area contributed by atoms with Crippen molar-refractivity contribution in [1.29, 1.82) is 0 Å². The van der Waals surface area contributed by atoms with Crippen LogP contribution < -0.4 is 10.6 Å². The molecule has 0 radical (unpaired) electrons. The molecule has 1 saturated heterocycles. The molecule has 1 aliphatic heterocycles. The van der Waals surface area contributed by atoms with Gasteiger partial charge in [-0.05, 0) is 46.1 Å². The van der Waals surface area contributed by atoms with Gasteiger partial charge in [-0.15, -0.1) is 0 Å². The van der Waals surface area contributed by atoms with Crippen molar-refractivity contribution in [3.8, 4) is 0 Å². The molecule has 1 heterocycles. The Kier molecular flexibility index (Phi) is 5.21. The zero-order valence-electron chi connectivity index (χ0n) is 11.0. The lowest BCUT2D eigenvalue weighted by Gasteiger charge is -2.33. The summed E-state index contributed by atoms with van der Waals surface area (Å²) in [5.41, 5.74) is -0.474. The Morgan fingerprint density at radius 2 is 2.24 bits per heavy atom. The fourth-order valence-electron chi connectivity index (χ4n) is 2.05. The van der Waals surface area contributed by atoms with Gasteiger partial charge in [0.15, 0.2) is 0 Å². The van der Waals surface area contributed by atoms with Crippen LogP contribution >= 0.6 is 0 Å². The van der Waals surface area contributed by atoms with Crippen LogP contribution in [0.5, 0.6) is 0 Å². The molecule has 5 heteroatoms. The standard InChI is InChI=1S/C12H24N2O3/c1-12(2,3)17-11(16)14-10-8-13-6-4-9(10)5-7-15/h9-10,13,15H,4-8H2,1-3H3,(H,14,16)/t9-,10+/m0/s1. The summed E-state index contributed by atoms with van der Waals surface area (Å²) in [5, 5.41) is 15.1. The zero-order chi connectivity index (χ0) is 12.9. The van der Waals surface area contributed by atoms with Gasteiger partial charge in [0.1, 0.15) is 5.60 Å². The second-order valence-corrected chi connectivity index (χ2v) is 5.52. The smallest absolute Gasteiger partial charge is 0.407 e. The lowest BCUT2D eigenvalue weighted by molar-refractivity contribution is 0.0467. The predicted octanol–water partition coefficient (Wildman–Crippen LogP) is 0.872. The fraction of sp³-hybridized carbons (Fsp3) is 0.917. The van der Waals surface area contributed by atoms with Gasteiger partial charge in [0.2, 0.25) is 0 Å². The van der Waals surface area contributed by atoms with Crippen LogP contribution in [-0.4, -0.2) is 42.5 Å². The first-order valence-corrected chi connectivity index (χ1v) is 6.23. The number of hydrogen-bond donors (Lipinski definition) is 3. The van der Waals surface area contributed by atoms with E-state index >= 15 is 0 Å². The van der Waals surface area contributed by atoms with E-state index in [2.05, 4.69) is 10.6 Å². The molecule has 1 amide bonds. The molecule has 0 aliphatic carbocycles. The molecule has 5 nitrogen and oxygen atoms in total. The molecule has 0 unspecified atom stereocenters. The maximum Gasteiger partial charge on any atom is 0.407 e. The minimum atomic E-state index is -0.474. The van der Waals surface area contributed by atoms with E-state index in [-0.39, 0.29) is 18.7 Å². The summed E-state index contributed by atoms with van der Waals surface area (Å²) >= 11 is 0. The number of amides is 1. The van der Waals surface area contributed by atoms with Crippen LogP contribution in [0.2, 0.25) is 0 Å². The lowest BCUT2D eigenvalue weighted by Crippen LogP contribution is -2.52. The van der Waals surface area contributed by atoms with Gasteiger partial charge >= 0.3 is 6.09 Å². The molecular formula is C12H24N2O3.